The van der Waals surface area contributed by atoms with E-state index in [1.165, 1.54) is 17.0 Å². The van der Waals surface area contributed by atoms with Gasteiger partial charge in [0.15, 0.2) is 5.82 Å². The number of nitrogens with one attached hydrogen (secondary N) is 1. The Kier molecular flexibility index (Phi) is 12.9. The van der Waals surface area contributed by atoms with E-state index in [0.29, 0.717) is 30.8 Å². The third-order valence-electron chi connectivity index (χ3n) is 6.63. The molecule has 1 fully saturated rings. The van der Waals surface area contributed by atoms with Crippen LogP contribution in [0.1, 0.15) is 79.2 Å². The fraction of sp³-hybridized carbons (Fsp3) is 0.607. The molecule has 1 aromatic rings. The molecule has 0 saturated carbocycles. The van der Waals surface area contributed by atoms with E-state index in [1.54, 1.807) is 6.08 Å². The minimum atomic E-state index is -2.03. The molecule has 40 heavy (non-hydrogen) atoms. The fourth-order valence-electron chi connectivity index (χ4n) is 4.55. The van der Waals surface area contributed by atoms with Crippen molar-refractivity contribution < 1.29 is 37.6 Å². The predicted octanol–water partition coefficient (Wildman–Crippen LogP) is 5.04. The summed E-state index contributed by atoms with van der Waals surface area (Å²) < 4.78 is 41.4. The molecule has 0 aromatic heterocycles. The standard InChI is InChI=1S/C26H36FN3O7S.C2H6/c1-5-7-17(6-2)25(33)36-15-37-26(34)29-13-18(12-19(29)9-8-16(3)4)20-10-11-21(31)24(23(20)27)30-14-22(32)28-38(30)35;1-2/h10-12,16-17,19,31H,5-9,13-15H2,1-4H3,(H,28,32);1-2H3. The fourth-order valence-corrected chi connectivity index (χ4v) is 5.49. The van der Waals surface area contributed by atoms with Crippen molar-refractivity contribution in [3.05, 3.63) is 29.6 Å². The van der Waals surface area contributed by atoms with Crippen LogP contribution in [0.15, 0.2) is 18.2 Å². The zero-order valence-electron chi connectivity index (χ0n) is 24.2. The lowest BCUT2D eigenvalue weighted by Crippen LogP contribution is -2.37. The Balaban J connectivity index is 0.00000274. The summed E-state index contributed by atoms with van der Waals surface area (Å²) in [6.45, 7) is 11.1. The van der Waals surface area contributed by atoms with Crippen molar-refractivity contribution in [3.63, 3.8) is 0 Å². The largest absolute Gasteiger partial charge is 0.506 e. The molecule has 12 heteroatoms. The molecule has 0 aliphatic carbocycles. The van der Waals surface area contributed by atoms with Crippen LogP contribution in [0.2, 0.25) is 0 Å². The molecule has 2 aliphatic rings. The normalized spacial score (nSPS) is 19.1. The minimum Gasteiger partial charge on any atom is -0.506 e. The summed E-state index contributed by atoms with van der Waals surface area (Å²) in [6.07, 6.45) is 4.63. The van der Waals surface area contributed by atoms with Crippen molar-refractivity contribution in [3.8, 4) is 5.75 Å². The van der Waals surface area contributed by atoms with Gasteiger partial charge in [-0.2, -0.15) is 0 Å². The number of aromatic hydroxyl groups is 1. The Bertz CT molecular complexity index is 1110. The highest BCUT2D eigenvalue weighted by Gasteiger charge is 2.35. The monoisotopic (exact) mass is 583 g/mol. The number of rotatable bonds is 11. The maximum Gasteiger partial charge on any atom is 0.413 e. The number of ether oxygens (including phenoxy) is 2. The number of benzene rings is 1. The second-order valence-electron chi connectivity index (χ2n) is 9.85. The second kappa shape index (κ2) is 15.6. The molecule has 3 rings (SSSR count). The number of hydrogen-bond donors (Lipinski definition) is 2. The van der Waals surface area contributed by atoms with Crippen molar-refractivity contribution in [2.75, 3.05) is 24.2 Å². The van der Waals surface area contributed by atoms with Crippen LogP contribution in [0.4, 0.5) is 14.9 Å². The number of nitrogens with zero attached hydrogens (tertiary/aromatic N) is 2. The summed E-state index contributed by atoms with van der Waals surface area (Å²) in [5.41, 5.74) is 0.227. The van der Waals surface area contributed by atoms with Crippen LogP contribution in [0, 0.1) is 17.7 Å². The molecule has 2 aliphatic heterocycles. The average Bonchev–Trinajstić information content (AvgIpc) is 3.49. The molecular weight excluding hydrogens is 541 g/mol. The van der Waals surface area contributed by atoms with E-state index in [2.05, 4.69) is 18.6 Å². The number of halogens is 1. The van der Waals surface area contributed by atoms with E-state index >= 15 is 4.39 Å². The lowest BCUT2D eigenvalue weighted by atomic mass is 10.0. The molecule has 2 heterocycles. The number of phenols is 1. The molecule has 224 valence electrons. The second-order valence-corrected chi connectivity index (χ2v) is 11.0. The van der Waals surface area contributed by atoms with Crippen LogP contribution in [0.5, 0.6) is 5.75 Å². The van der Waals surface area contributed by atoms with Gasteiger partial charge >= 0.3 is 12.1 Å². The Hall–Kier alpha value is -3.15. The van der Waals surface area contributed by atoms with Crippen LogP contribution >= 0.6 is 0 Å². The van der Waals surface area contributed by atoms with Crippen molar-refractivity contribution in [1.29, 1.82) is 0 Å². The molecule has 10 nitrogen and oxygen atoms in total. The lowest BCUT2D eigenvalue weighted by Gasteiger charge is -2.25. The quantitative estimate of drug-likeness (QED) is 0.276. The highest BCUT2D eigenvalue weighted by molar-refractivity contribution is 7.85. The molecule has 3 unspecified atom stereocenters. The minimum absolute atomic E-state index is 0.0182. The van der Waals surface area contributed by atoms with E-state index in [4.69, 9.17) is 9.47 Å². The van der Waals surface area contributed by atoms with Crippen molar-refractivity contribution in [2.24, 2.45) is 11.8 Å². The number of amides is 2. The topological polar surface area (TPSA) is 125 Å². The maximum absolute atomic E-state index is 15.7. The molecule has 1 saturated heterocycles. The Morgan fingerprint density at radius 2 is 1.88 bits per heavy atom. The van der Waals surface area contributed by atoms with Gasteiger partial charge in [-0.05, 0) is 49.3 Å². The molecule has 0 bridgehead atoms. The summed E-state index contributed by atoms with van der Waals surface area (Å²) >= 11 is -2.03. The summed E-state index contributed by atoms with van der Waals surface area (Å²) in [7, 11) is 0. The van der Waals surface area contributed by atoms with Crippen LogP contribution in [0.25, 0.3) is 5.57 Å². The smallest absolute Gasteiger partial charge is 0.413 e. The highest BCUT2D eigenvalue weighted by atomic mass is 32.2. The zero-order valence-corrected chi connectivity index (χ0v) is 25.0. The first-order chi connectivity index (χ1) is 19.1. The van der Waals surface area contributed by atoms with Crippen molar-refractivity contribution >= 4 is 40.4 Å². The average molecular weight is 584 g/mol. The molecule has 0 radical (unpaired) electrons. The number of hydrogen-bond acceptors (Lipinski definition) is 7. The van der Waals surface area contributed by atoms with Gasteiger partial charge in [0.1, 0.15) is 18.0 Å². The summed E-state index contributed by atoms with van der Waals surface area (Å²) in [5, 5.41) is 10.3. The zero-order chi connectivity index (χ0) is 30.0. The molecular formula is C28H42FN3O7S. The van der Waals surface area contributed by atoms with E-state index in [-0.39, 0.29) is 36.3 Å². The van der Waals surface area contributed by atoms with Gasteiger partial charge in [0, 0.05) is 5.56 Å². The van der Waals surface area contributed by atoms with Gasteiger partial charge in [-0.15, -0.1) is 0 Å². The first-order valence-corrected chi connectivity index (χ1v) is 15.0. The van der Waals surface area contributed by atoms with E-state index in [9.17, 15) is 23.7 Å². The number of carbonyl (C=O) groups excluding carboxylic acids is 3. The van der Waals surface area contributed by atoms with Gasteiger partial charge < -0.3 is 14.6 Å². The van der Waals surface area contributed by atoms with Gasteiger partial charge in [-0.25, -0.2) is 13.4 Å². The van der Waals surface area contributed by atoms with Crippen molar-refractivity contribution in [1.82, 2.24) is 9.62 Å². The number of phenolic OH excluding ortho intramolecular Hbond substituents is 1. The third-order valence-corrected chi connectivity index (χ3v) is 7.75. The van der Waals surface area contributed by atoms with Gasteiger partial charge in [-0.1, -0.05) is 54.0 Å². The number of carbonyl (C=O) groups is 3. The van der Waals surface area contributed by atoms with Gasteiger partial charge in [0.05, 0.1) is 18.5 Å². The molecule has 3 atom stereocenters. The summed E-state index contributed by atoms with van der Waals surface area (Å²) in [4.78, 5) is 38.3. The third kappa shape index (κ3) is 8.18. The van der Waals surface area contributed by atoms with Crippen LogP contribution in [-0.4, -0.2) is 58.1 Å². The van der Waals surface area contributed by atoms with E-state index in [1.807, 2.05) is 27.7 Å². The van der Waals surface area contributed by atoms with Gasteiger partial charge in [-0.3, -0.25) is 23.5 Å². The first-order valence-electron chi connectivity index (χ1n) is 13.9. The van der Waals surface area contributed by atoms with E-state index < -0.39 is 47.5 Å². The number of anilines is 1. The predicted molar refractivity (Wildman–Crippen MR) is 152 cm³/mol. The van der Waals surface area contributed by atoms with E-state index in [0.717, 1.165) is 17.1 Å². The summed E-state index contributed by atoms with van der Waals surface area (Å²) in [5.74, 6) is -2.17. The Labute approximate surface area is 238 Å². The van der Waals surface area contributed by atoms with Crippen molar-refractivity contribution in [2.45, 2.75) is 79.7 Å². The Morgan fingerprint density at radius 3 is 2.45 bits per heavy atom. The Morgan fingerprint density at radius 1 is 1.18 bits per heavy atom. The molecule has 0 spiro atoms. The maximum atomic E-state index is 15.7. The van der Waals surface area contributed by atoms with Crippen LogP contribution in [-0.2, 0) is 30.2 Å². The first kappa shape index (κ1) is 33.1. The van der Waals surface area contributed by atoms with Crippen LogP contribution < -0.4 is 9.03 Å². The number of esters is 1. The van der Waals surface area contributed by atoms with Gasteiger partial charge in [0.2, 0.25) is 18.0 Å². The highest BCUT2D eigenvalue weighted by Crippen LogP contribution is 2.39. The molecule has 2 N–H and O–H groups in total. The van der Waals surface area contributed by atoms with Crippen LogP contribution in [0.3, 0.4) is 0 Å². The SMILES string of the molecule is CC.CCCC(CC)C(=O)OCOC(=O)N1CC(c2ccc(O)c(N3CC(=O)NS3=O)c2F)=CC1CCC(C)C. The summed E-state index contributed by atoms with van der Waals surface area (Å²) in [6, 6.07) is 2.25. The molecule has 2 amide bonds. The molecule has 1 aromatic carbocycles. The lowest BCUT2D eigenvalue weighted by molar-refractivity contribution is -0.157. The van der Waals surface area contributed by atoms with Gasteiger partial charge in [0.25, 0.3) is 5.91 Å².